The first-order chi connectivity index (χ1) is 9.65. The molecule has 5 heteroatoms. The van der Waals surface area contributed by atoms with E-state index in [9.17, 15) is 4.79 Å². The highest BCUT2D eigenvalue weighted by molar-refractivity contribution is 7.09. The summed E-state index contributed by atoms with van der Waals surface area (Å²) in [6, 6.07) is 4.48. The van der Waals surface area contributed by atoms with Crippen molar-refractivity contribution < 1.29 is 4.79 Å². The van der Waals surface area contributed by atoms with E-state index in [0.29, 0.717) is 23.8 Å². The molecular formula is C16H25ClN2OS. The van der Waals surface area contributed by atoms with Crippen molar-refractivity contribution in [2.45, 2.75) is 44.7 Å². The van der Waals surface area contributed by atoms with E-state index in [0.717, 1.165) is 19.4 Å². The summed E-state index contributed by atoms with van der Waals surface area (Å²) in [4.78, 5) is 15.8. The van der Waals surface area contributed by atoms with Gasteiger partial charge in [0.25, 0.3) is 0 Å². The van der Waals surface area contributed by atoms with E-state index in [4.69, 9.17) is 5.73 Å². The van der Waals surface area contributed by atoms with Gasteiger partial charge in [0.2, 0.25) is 5.91 Å². The molecule has 2 unspecified atom stereocenters. The van der Waals surface area contributed by atoms with Crippen LogP contribution in [0, 0.1) is 17.8 Å². The van der Waals surface area contributed by atoms with Gasteiger partial charge in [-0.25, -0.2) is 0 Å². The summed E-state index contributed by atoms with van der Waals surface area (Å²) in [7, 11) is 1.94. The largest absolute Gasteiger partial charge is 0.340 e. The Labute approximate surface area is 137 Å². The van der Waals surface area contributed by atoms with E-state index >= 15 is 0 Å². The minimum atomic E-state index is 0. The highest BCUT2D eigenvalue weighted by atomic mass is 35.5. The Bertz CT molecular complexity index is 451. The number of amides is 1. The lowest BCUT2D eigenvalue weighted by Gasteiger charge is -2.44. The topological polar surface area (TPSA) is 46.3 Å². The van der Waals surface area contributed by atoms with Gasteiger partial charge in [0.05, 0.1) is 6.54 Å². The maximum atomic E-state index is 12.7. The van der Waals surface area contributed by atoms with Crippen molar-refractivity contribution in [1.82, 2.24) is 4.90 Å². The Hall–Kier alpha value is -0.580. The predicted molar refractivity (Wildman–Crippen MR) is 89.6 cm³/mol. The predicted octanol–water partition coefficient (Wildman–Crippen LogP) is 3.28. The molecule has 2 atom stereocenters. The maximum absolute atomic E-state index is 12.7. The summed E-state index contributed by atoms with van der Waals surface area (Å²) >= 11 is 1.72. The molecule has 2 bridgehead atoms. The fraction of sp³-hybridized carbons (Fsp3) is 0.688. The molecule has 2 aliphatic rings. The van der Waals surface area contributed by atoms with Crippen molar-refractivity contribution in [3.63, 3.8) is 0 Å². The molecule has 21 heavy (non-hydrogen) atoms. The Morgan fingerprint density at radius 3 is 2.62 bits per heavy atom. The second-order valence-electron chi connectivity index (χ2n) is 6.47. The number of rotatable bonds is 3. The van der Waals surface area contributed by atoms with Crippen molar-refractivity contribution in [2.75, 3.05) is 7.05 Å². The van der Waals surface area contributed by atoms with Crippen LogP contribution in [-0.4, -0.2) is 23.9 Å². The van der Waals surface area contributed by atoms with Crippen molar-refractivity contribution >= 4 is 29.7 Å². The molecule has 2 fully saturated rings. The molecule has 0 aromatic carbocycles. The SMILES string of the molecule is CN(Cc1cccs1)C(=O)C1CC2CCCC(C1)C2N.Cl. The van der Waals surface area contributed by atoms with Crippen molar-refractivity contribution in [3.8, 4) is 0 Å². The molecular weight excluding hydrogens is 304 g/mol. The van der Waals surface area contributed by atoms with E-state index in [2.05, 4.69) is 11.4 Å². The number of fused-ring (bicyclic) bond motifs is 2. The first-order valence-corrected chi connectivity index (χ1v) is 8.56. The smallest absolute Gasteiger partial charge is 0.225 e. The average Bonchev–Trinajstić information content (AvgIpc) is 2.90. The van der Waals surface area contributed by atoms with Gasteiger partial charge in [-0.2, -0.15) is 0 Å². The molecule has 1 aromatic heterocycles. The molecule has 0 radical (unpaired) electrons. The summed E-state index contributed by atoms with van der Waals surface area (Å²) in [6.45, 7) is 0.744. The summed E-state index contributed by atoms with van der Waals surface area (Å²) in [5, 5.41) is 2.07. The van der Waals surface area contributed by atoms with Crippen molar-refractivity contribution in [1.29, 1.82) is 0 Å². The van der Waals surface area contributed by atoms with E-state index < -0.39 is 0 Å². The molecule has 2 N–H and O–H groups in total. The van der Waals surface area contributed by atoms with E-state index in [1.165, 1.54) is 24.1 Å². The van der Waals surface area contributed by atoms with Gasteiger partial charge >= 0.3 is 0 Å². The van der Waals surface area contributed by atoms with Gasteiger partial charge in [0, 0.05) is 23.9 Å². The molecule has 1 heterocycles. The van der Waals surface area contributed by atoms with E-state index in [-0.39, 0.29) is 18.3 Å². The summed E-state index contributed by atoms with van der Waals surface area (Å²) in [6.07, 6.45) is 5.75. The molecule has 0 aliphatic heterocycles. The van der Waals surface area contributed by atoms with Crippen LogP contribution in [0.25, 0.3) is 0 Å². The molecule has 1 amide bonds. The minimum absolute atomic E-state index is 0. The second kappa shape index (κ2) is 7.12. The minimum Gasteiger partial charge on any atom is -0.340 e. The zero-order valence-electron chi connectivity index (χ0n) is 12.5. The average molecular weight is 329 g/mol. The van der Waals surface area contributed by atoms with Gasteiger partial charge in [0.1, 0.15) is 0 Å². The highest BCUT2D eigenvalue weighted by Crippen LogP contribution is 2.42. The molecule has 0 spiro atoms. The highest BCUT2D eigenvalue weighted by Gasteiger charge is 2.41. The molecule has 3 nitrogen and oxygen atoms in total. The number of carbonyl (C=O) groups is 1. The lowest BCUT2D eigenvalue weighted by Crippen LogP contribution is -2.49. The number of nitrogens with zero attached hydrogens (tertiary/aromatic N) is 1. The summed E-state index contributed by atoms with van der Waals surface area (Å²) < 4.78 is 0. The van der Waals surface area contributed by atoms with Crippen LogP contribution in [-0.2, 0) is 11.3 Å². The molecule has 0 saturated heterocycles. The number of hydrogen-bond donors (Lipinski definition) is 1. The lowest BCUT2D eigenvalue weighted by molar-refractivity contribution is -0.137. The molecule has 2 aliphatic carbocycles. The number of halogens is 1. The van der Waals surface area contributed by atoms with Crippen molar-refractivity contribution in [2.24, 2.45) is 23.5 Å². The fourth-order valence-corrected chi connectivity index (χ4v) is 4.77. The normalized spacial score (nSPS) is 31.3. The van der Waals surface area contributed by atoms with Gasteiger partial charge < -0.3 is 10.6 Å². The third kappa shape index (κ3) is 3.61. The van der Waals surface area contributed by atoms with E-state index in [1.807, 2.05) is 18.0 Å². The molecule has 1 aromatic rings. The Morgan fingerprint density at radius 1 is 1.38 bits per heavy atom. The zero-order valence-corrected chi connectivity index (χ0v) is 14.2. The second-order valence-corrected chi connectivity index (χ2v) is 7.50. The van der Waals surface area contributed by atoms with Crippen LogP contribution in [0.1, 0.15) is 37.0 Å². The van der Waals surface area contributed by atoms with Gasteiger partial charge in [-0.3, -0.25) is 4.79 Å². The molecule has 3 rings (SSSR count). The number of thiophene rings is 1. The van der Waals surface area contributed by atoms with Gasteiger partial charge in [0.15, 0.2) is 0 Å². The number of carbonyl (C=O) groups excluding carboxylic acids is 1. The monoisotopic (exact) mass is 328 g/mol. The molecule has 2 saturated carbocycles. The Morgan fingerprint density at radius 2 is 2.05 bits per heavy atom. The van der Waals surface area contributed by atoms with Crippen LogP contribution in [0.4, 0.5) is 0 Å². The Kier molecular flexibility index (Phi) is 5.69. The lowest BCUT2D eigenvalue weighted by atomic mass is 9.65. The molecule has 118 valence electrons. The van der Waals surface area contributed by atoms with Crippen LogP contribution in [0.5, 0.6) is 0 Å². The maximum Gasteiger partial charge on any atom is 0.225 e. The third-order valence-electron chi connectivity index (χ3n) is 5.11. The Balaban J connectivity index is 0.00000161. The van der Waals surface area contributed by atoms with Crippen LogP contribution in [0.3, 0.4) is 0 Å². The van der Waals surface area contributed by atoms with Gasteiger partial charge in [-0.05, 0) is 49.0 Å². The quantitative estimate of drug-likeness (QED) is 0.925. The van der Waals surface area contributed by atoms with Gasteiger partial charge in [-0.15, -0.1) is 23.7 Å². The first kappa shape index (κ1) is 16.8. The number of nitrogens with two attached hydrogens (primary N) is 1. The van der Waals surface area contributed by atoms with Crippen molar-refractivity contribution in [3.05, 3.63) is 22.4 Å². The first-order valence-electron chi connectivity index (χ1n) is 7.68. The van der Waals surface area contributed by atoms with E-state index in [1.54, 1.807) is 11.3 Å². The van der Waals surface area contributed by atoms with Crippen LogP contribution < -0.4 is 5.73 Å². The summed E-state index contributed by atoms with van der Waals surface area (Å²) in [5.41, 5.74) is 6.31. The zero-order chi connectivity index (χ0) is 14.1. The van der Waals surface area contributed by atoms with Crippen LogP contribution in [0.15, 0.2) is 17.5 Å². The van der Waals surface area contributed by atoms with Crippen LogP contribution in [0.2, 0.25) is 0 Å². The van der Waals surface area contributed by atoms with Gasteiger partial charge in [-0.1, -0.05) is 12.5 Å². The summed E-state index contributed by atoms with van der Waals surface area (Å²) in [5.74, 6) is 1.68. The number of hydrogen-bond acceptors (Lipinski definition) is 3. The fourth-order valence-electron chi connectivity index (χ4n) is 4.02. The standard InChI is InChI=1S/C16H24N2OS.ClH/c1-18(10-14-6-3-7-20-14)16(19)13-8-11-4-2-5-12(9-13)15(11)17;/h3,6-7,11-13,15H,2,4-5,8-10,17H2,1H3;1H. The van der Waals surface area contributed by atoms with Crippen LogP contribution >= 0.6 is 23.7 Å². The third-order valence-corrected chi connectivity index (χ3v) is 5.97.